The fourth-order valence-electron chi connectivity index (χ4n) is 2.74. The topological polar surface area (TPSA) is 59.0 Å². The lowest BCUT2D eigenvalue weighted by molar-refractivity contribution is 0.174. The second-order valence-electron chi connectivity index (χ2n) is 6.08. The first-order valence-corrected chi connectivity index (χ1v) is 8.37. The Morgan fingerprint density at radius 1 is 1.19 bits per heavy atom. The van der Waals surface area contributed by atoms with E-state index in [4.69, 9.17) is 9.47 Å². The van der Waals surface area contributed by atoms with E-state index >= 15 is 0 Å². The van der Waals surface area contributed by atoms with Gasteiger partial charge in [0.05, 0.1) is 0 Å². The molecular formula is C19H25IN4O2. The molecule has 0 aliphatic carbocycles. The Morgan fingerprint density at radius 2 is 1.96 bits per heavy atom. The van der Waals surface area contributed by atoms with Crippen molar-refractivity contribution in [1.82, 2.24) is 15.2 Å². The Kier molecular flexibility index (Phi) is 7.50. The van der Waals surface area contributed by atoms with E-state index in [0.717, 1.165) is 48.2 Å². The molecule has 1 aliphatic rings. The first-order valence-electron chi connectivity index (χ1n) is 8.37. The summed E-state index contributed by atoms with van der Waals surface area (Å²) in [6.45, 7) is 3.84. The predicted octanol–water partition coefficient (Wildman–Crippen LogP) is 2.99. The molecular weight excluding hydrogens is 443 g/mol. The van der Waals surface area contributed by atoms with E-state index in [2.05, 4.69) is 32.3 Å². The molecule has 0 fully saturated rings. The molecule has 26 heavy (non-hydrogen) atoms. The smallest absolute Gasteiger partial charge is 0.231 e. The average molecular weight is 468 g/mol. The van der Waals surface area contributed by atoms with Gasteiger partial charge in [0, 0.05) is 39.1 Å². The number of hydrogen-bond acceptors (Lipinski definition) is 4. The SMILES string of the molecule is CN=C(NCCc1ccc(C)nc1)N(C)Cc1ccc2c(c1)OCO2.I. The van der Waals surface area contributed by atoms with Gasteiger partial charge in [-0.05, 0) is 42.7 Å². The van der Waals surface area contributed by atoms with Gasteiger partial charge in [0.15, 0.2) is 17.5 Å². The standard InChI is InChI=1S/C19H24N4O2.HI/c1-14-4-5-15(11-22-14)8-9-21-19(20-2)23(3)12-16-6-7-17-18(10-16)25-13-24-17;/h4-7,10-11H,8-9,12-13H2,1-3H3,(H,20,21);1H. The number of aryl methyl sites for hydroxylation is 1. The highest BCUT2D eigenvalue weighted by atomic mass is 127. The second kappa shape index (κ2) is 9.61. The van der Waals surface area contributed by atoms with Crippen LogP contribution in [0.5, 0.6) is 11.5 Å². The molecule has 1 aliphatic heterocycles. The fourth-order valence-corrected chi connectivity index (χ4v) is 2.74. The van der Waals surface area contributed by atoms with Gasteiger partial charge < -0.3 is 19.7 Å². The zero-order chi connectivity index (χ0) is 17.6. The molecule has 2 aromatic rings. The van der Waals surface area contributed by atoms with Crippen LogP contribution in [0, 0.1) is 6.92 Å². The summed E-state index contributed by atoms with van der Waals surface area (Å²) >= 11 is 0. The number of hydrogen-bond donors (Lipinski definition) is 1. The van der Waals surface area contributed by atoms with Crippen molar-refractivity contribution in [3.63, 3.8) is 0 Å². The molecule has 0 amide bonds. The van der Waals surface area contributed by atoms with Crippen LogP contribution in [0.2, 0.25) is 0 Å². The van der Waals surface area contributed by atoms with Crippen LogP contribution >= 0.6 is 24.0 Å². The molecule has 0 radical (unpaired) electrons. The molecule has 7 heteroatoms. The lowest BCUT2D eigenvalue weighted by Gasteiger charge is -2.22. The molecule has 2 heterocycles. The molecule has 0 spiro atoms. The summed E-state index contributed by atoms with van der Waals surface area (Å²) in [6.07, 6.45) is 2.83. The number of aliphatic imine (C=N–C) groups is 1. The van der Waals surface area contributed by atoms with Crippen molar-refractivity contribution in [2.24, 2.45) is 4.99 Å². The van der Waals surface area contributed by atoms with Crippen LogP contribution in [-0.2, 0) is 13.0 Å². The first-order chi connectivity index (χ1) is 12.2. The van der Waals surface area contributed by atoms with Crippen molar-refractivity contribution in [2.45, 2.75) is 19.9 Å². The molecule has 0 bridgehead atoms. The van der Waals surface area contributed by atoms with Crippen molar-refractivity contribution in [1.29, 1.82) is 0 Å². The molecule has 0 atom stereocenters. The summed E-state index contributed by atoms with van der Waals surface area (Å²) in [4.78, 5) is 10.8. The van der Waals surface area contributed by atoms with Crippen LogP contribution in [0.3, 0.4) is 0 Å². The fraction of sp³-hybridized carbons (Fsp3) is 0.368. The number of nitrogens with zero attached hydrogens (tertiary/aromatic N) is 3. The number of ether oxygens (including phenoxy) is 2. The first kappa shape index (κ1) is 20.3. The third kappa shape index (κ3) is 5.23. The van der Waals surface area contributed by atoms with E-state index in [-0.39, 0.29) is 24.0 Å². The van der Waals surface area contributed by atoms with E-state index in [1.807, 2.05) is 38.4 Å². The molecule has 0 unspecified atom stereocenters. The molecule has 3 rings (SSSR count). The third-order valence-electron chi connectivity index (χ3n) is 4.10. The van der Waals surface area contributed by atoms with Crippen LogP contribution in [-0.4, -0.2) is 43.3 Å². The van der Waals surface area contributed by atoms with Crippen LogP contribution in [0.25, 0.3) is 0 Å². The van der Waals surface area contributed by atoms with Gasteiger partial charge in [-0.25, -0.2) is 0 Å². The van der Waals surface area contributed by atoms with Gasteiger partial charge >= 0.3 is 0 Å². The molecule has 6 nitrogen and oxygen atoms in total. The number of guanidine groups is 1. The van der Waals surface area contributed by atoms with E-state index < -0.39 is 0 Å². The Labute approximate surface area is 171 Å². The minimum Gasteiger partial charge on any atom is -0.454 e. The van der Waals surface area contributed by atoms with Crippen molar-refractivity contribution in [3.8, 4) is 11.5 Å². The summed E-state index contributed by atoms with van der Waals surface area (Å²) in [5.41, 5.74) is 3.40. The van der Waals surface area contributed by atoms with Crippen LogP contribution in [0.15, 0.2) is 41.5 Å². The van der Waals surface area contributed by atoms with Crippen LogP contribution < -0.4 is 14.8 Å². The minimum absolute atomic E-state index is 0. The van der Waals surface area contributed by atoms with E-state index in [1.54, 1.807) is 7.05 Å². The quantitative estimate of drug-likeness (QED) is 0.416. The number of halogens is 1. The van der Waals surface area contributed by atoms with Crippen molar-refractivity contribution in [3.05, 3.63) is 53.3 Å². The zero-order valence-corrected chi connectivity index (χ0v) is 17.7. The number of benzene rings is 1. The van der Waals surface area contributed by atoms with Gasteiger partial charge in [0.25, 0.3) is 0 Å². The van der Waals surface area contributed by atoms with E-state index in [0.29, 0.717) is 6.79 Å². The van der Waals surface area contributed by atoms with Gasteiger partial charge in [-0.3, -0.25) is 9.98 Å². The summed E-state index contributed by atoms with van der Waals surface area (Å²) < 4.78 is 10.8. The van der Waals surface area contributed by atoms with E-state index in [9.17, 15) is 0 Å². The number of pyridine rings is 1. The maximum atomic E-state index is 5.44. The molecule has 1 aromatic carbocycles. The molecule has 140 valence electrons. The number of aromatic nitrogens is 1. The van der Waals surface area contributed by atoms with Crippen molar-refractivity contribution < 1.29 is 9.47 Å². The van der Waals surface area contributed by atoms with Crippen molar-refractivity contribution in [2.75, 3.05) is 27.4 Å². The van der Waals surface area contributed by atoms with Crippen LogP contribution in [0.4, 0.5) is 0 Å². The average Bonchev–Trinajstić information content (AvgIpc) is 3.08. The number of nitrogens with one attached hydrogen (secondary N) is 1. The number of rotatable bonds is 5. The molecule has 1 N–H and O–H groups in total. The highest BCUT2D eigenvalue weighted by Gasteiger charge is 2.14. The monoisotopic (exact) mass is 468 g/mol. The van der Waals surface area contributed by atoms with Crippen LogP contribution in [0.1, 0.15) is 16.8 Å². The van der Waals surface area contributed by atoms with Gasteiger partial charge in [0.1, 0.15) is 0 Å². The highest BCUT2D eigenvalue weighted by Crippen LogP contribution is 2.32. The van der Waals surface area contributed by atoms with Gasteiger partial charge in [0.2, 0.25) is 6.79 Å². The zero-order valence-electron chi connectivity index (χ0n) is 15.4. The third-order valence-corrected chi connectivity index (χ3v) is 4.10. The second-order valence-corrected chi connectivity index (χ2v) is 6.08. The number of fused-ring (bicyclic) bond motifs is 1. The summed E-state index contributed by atoms with van der Waals surface area (Å²) in [5.74, 6) is 2.47. The van der Waals surface area contributed by atoms with Gasteiger partial charge in [-0.15, -0.1) is 24.0 Å². The van der Waals surface area contributed by atoms with E-state index in [1.165, 1.54) is 5.56 Å². The normalized spacial score (nSPS) is 12.5. The summed E-state index contributed by atoms with van der Waals surface area (Å²) in [6, 6.07) is 10.2. The summed E-state index contributed by atoms with van der Waals surface area (Å²) in [7, 11) is 3.82. The Hall–Kier alpha value is -2.03. The maximum absolute atomic E-state index is 5.44. The van der Waals surface area contributed by atoms with Crippen molar-refractivity contribution >= 4 is 29.9 Å². The molecule has 0 saturated heterocycles. The Balaban J connectivity index is 0.00000243. The van der Waals surface area contributed by atoms with Gasteiger partial charge in [-0.1, -0.05) is 12.1 Å². The highest BCUT2D eigenvalue weighted by molar-refractivity contribution is 14.0. The Bertz CT molecular complexity index is 750. The minimum atomic E-state index is 0. The van der Waals surface area contributed by atoms with Gasteiger partial charge in [-0.2, -0.15) is 0 Å². The molecule has 1 aromatic heterocycles. The molecule has 0 saturated carbocycles. The predicted molar refractivity (Wildman–Crippen MR) is 113 cm³/mol. The Morgan fingerprint density at radius 3 is 2.69 bits per heavy atom. The lowest BCUT2D eigenvalue weighted by atomic mass is 10.2. The maximum Gasteiger partial charge on any atom is 0.231 e. The largest absolute Gasteiger partial charge is 0.454 e. The summed E-state index contributed by atoms with van der Waals surface area (Å²) in [5, 5.41) is 3.40. The lowest BCUT2D eigenvalue weighted by Crippen LogP contribution is -2.39.